The molecule has 2 amide bonds. The number of hydrogen-bond donors (Lipinski definition) is 2. The molecule has 4 nitrogen and oxygen atoms in total. The number of benzene rings is 1. The third-order valence-corrected chi connectivity index (χ3v) is 3.81. The summed E-state index contributed by atoms with van der Waals surface area (Å²) in [7, 11) is 0. The van der Waals surface area contributed by atoms with Crippen LogP contribution in [0.1, 0.15) is 33.1 Å². The van der Waals surface area contributed by atoms with Gasteiger partial charge in [-0.05, 0) is 37.3 Å². The van der Waals surface area contributed by atoms with Crippen LogP contribution in [-0.4, -0.2) is 18.4 Å². The van der Waals surface area contributed by atoms with E-state index in [0.29, 0.717) is 31.4 Å². The zero-order chi connectivity index (χ0) is 16.3. The van der Waals surface area contributed by atoms with Gasteiger partial charge in [0.2, 0.25) is 11.8 Å². The molecule has 1 aliphatic carbocycles. The highest BCUT2D eigenvalue weighted by molar-refractivity contribution is 6.13. The summed E-state index contributed by atoms with van der Waals surface area (Å²) in [6.07, 6.45) is 1.71. The van der Waals surface area contributed by atoms with Crippen molar-refractivity contribution in [3.63, 3.8) is 0 Å². The van der Waals surface area contributed by atoms with Crippen LogP contribution in [0.2, 0.25) is 0 Å². The zero-order valence-corrected chi connectivity index (χ0v) is 12.7. The third-order valence-electron chi connectivity index (χ3n) is 3.81. The second-order valence-electron chi connectivity index (χ2n) is 6.10. The van der Waals surface area contributed by atoms with E-state index >= 15 is 0 Å². The zero-order valence-electron chi connectivity index (χ0n) is 12.7. The molecule has 0 atom stereocenters. The van der Waals surface area contributed by atoms with E-state index in [2.05, 4.69) is 10.6 Å². The molecule has 1 fully saturated rings. The van der Waals surface area contributed by atoms with Gasteiger partial charge in [0, 0.05) is 12.6 Å². The lowest BCUT2D eigenvalue weighted by atomic mass is 10.0. The maximum Gasteiger partial charge on any atom is 0.240 e. The summed E-state index contributed by atoms with van der Waals surface area (Å²) in [6.45, 7) is 4.60. The topological polar surface area (TPSA) is 58.2 Å². The van der Waals surface area contributed by atoms with E-state index in [1.165, 1.54) is 0 Å². The first kappa shape index (κ1) is 16.4. The van der Waals surface area contributed by atoms with E-state index in [9.17, 15) is 18.4 Å². The lowest BCUT2D eigenvalue weighted by molar-refractivity contribution is -0.134. The van der Waals surface area contributed by atoms with Crippen molar-refractivity contribution in [1.82, 2.24) is 5.32 Å². The van der Waals surface area contributed by atoms with E-state index in [-0.39, 0.29) is 11.6 Å². The highest BCUT2D eigenvalue weighted by Crippen LogP contribution is 2.47. The largest absolute Gasteiger partial charge is 0.355 e. The van der Waals surface area contributed by atoms with Gasteiger partial charge in [-0.2, -0.15) is 0 Å². The Balaban J connectivity index is 1.97. The molecule has 0 heterocycles. The van der Waals surface area contributed by atoms with Crippen LogP contribution in [0, 0.1) is 23.0 Å². The van der Waals surface area contributed by atoms with Crippen LogP contribution in [-0.2, 0) is 9.59 Å². The van der Waals surface area contributed by atoms with Gasteiger partial charge in [-0.25, -0.2) is 8.78 Å². The SMILES string of the molecule is CC(C)CCNC(=O)C1(C(=O)Nc2ccc(F)cc2F)CC1. The number of rotatable bonds is 6. The van der Waals surface area contributed by atoms with Crippen molar-refractivity contribution < 1.29 is 18.4 Å². The van der Waals surface area contributed by atoms with Crippen molar-refractivity contribution in [3.05, 3.63) is 29.8 Å². The number of halogens is 2. The van der Waals surface area contributed by atoms with Crippen molar-refractivity contribution in [2.24, 2.45) is 11.3 Å². The minimum Gasteiger partial charge on any atom is -0.355 e. The van der Waals surface area contributed by atoms with Crippen LogP contribution in [0.4, 0.5) is 14.5 Å². The molecule has 1 aromatic rings. The fourth-order valence-electron chi connectivity index (χ4n) is 2.16. The summed E-state index contributed by atoms with van der Waals surface area (Å²) in [4.78, 5) is 24.4. The summed E-state index contributed by atoms with van der Waals surface area (Å²) < 4.78 is 26.4. The molecule has 0 saturated heterocycles. The molecular weight excluding hydrogens is 290 g/mol. The van der Waals surface area contributed by atoms with Crippen LogP contribution in [0.15, 0.2) is 18.2 Å². The first-order valence-electron chi connectivity index (χ1n) is 7.40. The van der Waals surface area contributed by atoms with Gasteiger partial charge in [-0.15, -0.1) is 0 Å². The van der Waals surface area contributed by atoms with Crippen LogP contribution in [0.3, 0.4) is 0 Å². The van der Waals surface area contributed by atoms with Crippen LogP contribution < -0.4 is 10.6 Å². The summed E-state index contributed by atoms with van der Waals surface area (Å²) in [6, 6.07) is 2.90. The average molecular weight is 310 g/mol. The Morgan fingerprint density at radius 3 is 2.45 bits per heavy atom. The minimum absolute atomic E-state index is 0.118. The molecular formula is C16H20F2N2O2. The average Bonchev–Trinajstić information content (AvgIpc) is 3.23. The second kappa shape index (κ2) is 6.42. The number of carbonyl (C=O) groups excluding carboxylic acids is 2. The summed E-state index contributed by atoms with van der Waals surface area (Å²) in [5.41, 5.74) is -1.23. The number of nitrogens with one attached hydrogen (secondary N) is 2. The van der Waals surface area contributed by atoms with Crippen LogP contribution in [0.25, 0.3) is 0 Å². The van der Waals surface area contributed by atoms with Gasteiger partial charge < -0.3 is 10.6 Å². The van der Waals surface area contributed by atoms with Crippen molar-refractivity contribution in [2.45, 2.75) is 33.1 Å². The number of anilines is 1. The molecule has 0 aromatic heterocycles. The predicted octanol–water partition coefficient (Wildman–Crippen LogP) is 2.85. The molecule has 0 radical (unpaired) electrons. The predicted molar refractivity (Wildman–Crippen MR) is 79.1 cm³/mol. The molecule has 1 aliphatic rings. The first-order chi connectivity index (χ1) is 10.3. The molecule has 2 N–H and O–H groups in total. The summed E-state index contributed by atoms with van der Waals surface area (Å²) in [5.74, 6) is -1.99. The monoisotopic (exact) mass is 310 g/mol. The third kappa shape index (κ3) is 3.61. The lowest BCUT2D eigenvalue weighted by Gasteiger charge is -2.16. The van der Waals surface area contributed by atoms with Crippen LogP contribution in [0.5, 0.6) is 0 Å². The van der Waals surface area contributed by atoms with Crippen molar-refractivity contribution >= 4 is 17.5 Å². The lowest BCUT2D eigenvalue weighted by Crippen LogP contribution is -2.40. The number of carbonyl (C=O) groups is 2. The summed E-state index contributed by atoms with van der Waals surface area (Å²) in [5, 5.41) is 5.13. The molecule has 0 unspecified atom stereocenters. The molecule has 6 heteroatoms. The fraction of sp³-hybridized carbons (Fsp3) is 0.500. The number of amides is 2. The number of hydrogen-bond acceptors (Lipinski definition) is 2. The molecule has 1 aromatic carbocycles. The Morgan fingerprint density at radius 1 is 1.23 bits per heavy atom. The van der Waals surface area contributed by atoms with Gasteiger partial charge in [0.15, 0.2) is 0 Å². The van der Waals surface area contributed by atoms with E-state index in [4.69, 9.17) is 0 Å². The second-order valence-corrected chi connectivity index (χ2v) is 6.10. The van der Waals surface area contributed by atoms with E-state index in [1.54, 1.807) is 0 Å². The maximum atomic E-state index is 13.6. The molecule has 22 heavy (non-hydrogen) atoms. The Morgan fingerprint density at radius 2 is 1.91 bits per heavy atom. The Hall–Kier alpha value is -1.98. The van der Waals surface area contributed by atoms with Crippen molar-refractivity contribution in [2.75, 3.05) is 11.9 Å². The standard InChI is InChI=1S/C16H20F2N2O2/c1-10(2)5-8-19-14(21)16(6-7-16)15(22)20-13-4-3-11(17)9-12(13)18/h3-4,9-10H,5-8H2,1-2H3,(H,19,21)(H,20,22). The Labute approximate surface area is 128 Å². The van der Waals surface area contributed by atoms with Crippen molar-refractivity contribution in [1.29, 1.82) is 0 Å². The van der Waals surface area contributed by atoms with E-state index in [0.717, 1.165) is 18.6 Å². The molecule has 0 aliphatic heterocycles. The van der Waals surface area contributed by atoms with E-state index in [1.807, 2.05) is 13.8 Å². The Bertz CT molecular complexity index is 584. The maximum absolute atomic E-state index is 13.6. The van der Waals surface area contributed by atoms with Crippen molar-refractivity contribution in [3.8, 4) is 0 Å². The minimum atomic E-state index is -1.11. The van der Waals surface area contributed by atoms with E-state index < -0.39 is 23.0 Å². The van der Waals surface area contributed by atoms with Gasteiger partial charge in [-0.1, -0.05) is 13.8 Å². The fourth-order valence-corrected chi connectivity index (χ4v) is 2.16. The first-order valence-corrected chi connectivity index (χ1v) is 7.40. The molecule has 0 spiro atoms. The molecule has 120 valence electrons. The Kier molecular flexibility index (Phi) is 4.78. The van der Waals surface area contributed by atoms with Gasteiger partial charge in [0.1, 0.15) is 17.0 Å². The quantitative estimate of drug-likeness (QED) is 0.794. The van der Waals surface area contributed by atoms with Gasteiger partial charge in [-0.3, -0.25) is 9.59 Å². The summed E-state index contributed by atoms with van der Waals surface area (Å²) >= 11 is 0. The van der Waals surface area contributed by atoms with Crippen LogP contribution >= 0.6 is 0 Å². The van der Waals surface area contributed by atoms with Gasteiger partial charge in [0.25, 0.3) is 0 Å². The van der Waals surface area contributed by atoms with Gasteiger partial charge in [0.05, 0.1) is 5.69 Å². The highest BCUT2D eigenvalue weighted by Gasteiger charge is 2.56. The normalized spacial score (nSPS) is 15.5. The molecule has 2 rings (SSSR count). The van der Waals surface area contributed by atoms with Gasteiger partial charge >= 0.3 is 0 Å². The molecule has 1 saturated carbocycles. The molecule has 0 bridgehead atoms. The smallest absolute Gasteiger partial charge is 0.240 e. The highest BCUT2D eigenvalue weighted by atomic mass is 19.1.